The van der Waals surface area contributed by atoms with Gasteiger partial charge in [0.05, 0.1) is 0 Å². The van der Waals surface area contributed by atoms with Gasteiger partial charge in [-0.3, -0.25) is 0 Å². The maximum Gasteiger partial charge on any atom is 0.0445 e. The molecule has 1 heterocycles. The van der Waals surface area contributed by atoms with Gasteiger partial charge in [0, 0.05) is 10.3 Å². The zero-order valence-electron chi connectivity index (χ0n) is 4.55. The molecule has 0 unspecified atom stereocenters. The van der Waals surface area contributed by atoms with Gasteiger partial charge in [0.2, 0.25) is 0 Å². The van der Waals surface area contributed by atoms with Crippen LogP contribution in [-0.2, 0) is 0 Å². The van der Waals surface area contributed by atoms with Crippen LogP contribution in [0.4, 0.5) is 0 Å². The van der Waals surface area contributed by atoms with E-state index in [-0.39, 0.29) is 0 Å². The third-order valence-electron chi connectivity index (χ3n) is 1.47. The van der Waals surface area contributed by atoms with E-state index in [9.17, 15) is 0 Å². The van der Waals surface area contributed by atoms with Crippen LogP contribution in [0.2, 0.25) is 0 Å². The van der Waals surface area contributed by atoms with Crippen molar-refractivity contribution in [2.24, 2.45) is 0 Å². The van der Waals surface area contributed by atoms with Gasteiger partial charge in [-0.05, 0) is 30.9 Å². The quantitative estimate of drug-likeness (QED) is 0.538. The Bertz CT molecular complexity index is 161. The highest BCUT2D eigenvalue weighted by molar-refractivity contribution is 7.09. The molecule has 0 bridgehead atoms. The highest BCUT2D eigenvalue weighted by Gasteiger charge is 2.23. The Balaban J connectivity index is 2.28. The van der Waals surface area contributed by atoms with E-state index < -0.39 is 0 Å². The standard InChI is InChI=1S/C7H7S/c1-2-7(8-5-1)6-3-4-6/h1-2,6H,3-4H2. The van der Waals surface area contributed by atoms with E-state index in [1.165, 1.54) is 17.7 Å². The van der Waals surface area contributed by atoms with Gasteiger partial charge >= 0.3 is 0 Å². The van der Waals surface area contributed by atoms with Gasteiger partial charge in [-0.2, -0.15) is 0 Å². The van der Waals surface area contributed by atoms with Crippen molar-refractivity contribution < 1.29 is 0 Å². The minimum absolute atomic E-state index is 0.922. The SMILES string of the molecule is [c]1ccc(C2CC2)s1. The smallest absolute Gasteiger partial charge is 0.0445 e. The van der Waals surface area contributed by atoms with E-state index >= 15 is 0 Å². The molecule has 0 nitrogen and oxygen atoms in total. The van der Waals surface area contributed by atoms with Crippen LogP contribution in [0.15, 0.2) is 12.1 Å². The summed E-state index contributed by atoms with van der Waals surface area (Å²) in [5.41, 5.74) is 0. The van der Waals surface area contributed by atoms with Crippen LogP contribution in [0, 0.1) is 5.38 Å². The minimum Gasteiger partial charge on any atom is -0.139 e. The molecular formula is C7H7S. The second-order valence-electron chi connectivity index (χ2n) is 2.23. The van der Waals surface area contributed by atoms with E-state index in [4.69, 9.17) is 0 Å². The first-order chi connectivity index (χ1) is 3.97. The summed E-state index contributed by atoms with van der Waals surface area (Å²) in [6.07, 6.45) is 2.82. The van der Waals surface area contributed by atoms with E-state index in [0.29, 0.717) is 0 Å². The first-order valence-corrected chi connectivity index (χ1v) is 3.74. The lowest BCUT2D eigenvalue weighted by molar-refractivity contribution is 1.18. The molecule has 1 aliphatic rings. The van der Waals surface area contributed by atoms with Gasteiger partial charge in [0.15, 0.2) is 0 Å². The van der Waals surface area contributed by atoms with Crippen molar-refractivity contribution in [1.82, 2.24) is 0 Å². The average Bonchev–Trinajstić information content (AvgIpc) is 2.49. The molecule has 0 aromatic carbocycles. The lowest BCUT2D eigenvalue weighted by Crippen LogP contribution is -1.62. The fraction of sp³-hybridized carbons (Fsp3) is 0.429. The van der Waals surface area contributed by atoms with E-state index in [0.717, 1.165) is 5.92 Å². The Hall–Kier alpha value is -0.300. The molecule has 1 heteroatoms. The predicted octanol–water partition coefficient (Wildman–Crippen LogP) is 2.43. The van der Waals surface area contributed by atoms with Gasteiger partial charge in [0.25, 0.3) is 0 Å². The molecule has 0 N–H and O–H groups in total. The summed E-state index contributed by atoms with van der Waals surface area (Å²) < 4.78 is 0. The summed E-state index contributed by atoms with van der Waals surface area (Å²) in [7, 11) is 0. The Labute approximate surface area is 53.2 Å². The summed E-state index contributed by atoms with van der Waals surface area (Å²) in [5.74, 6) is 0.922. The van der Waals surface area contributed by atoms with Crippen LogP contribution in [-0.4, -0.2) is 0 Å². The summed E-state index contributed by atoms with van der Waals surface area (Å²) in [6, 6.07) is 4.20. The van der Waals surface area contributed by atoms with Crippen LogP contribution in [0.3, 0.4) is 0 Å². The molecule has 8 heavy (non-hydrogen) atoms. The molecule has 0 amide bonds. The zero-order valence-corrected chi connectivity index (χ0v) is 5.37. The first kappa shape index (κ1) is 4.57. The number of rotatable bonds is 1. The molecule has 0 saturated heterocycles. The molecule has 0 spiro atoms. The van der Waals surface area contributed by atoms with Crippen molar-refractivity contribution in [2.45, 2.75) is 18.8 Å². The van der Waals surface area contributed by atoms with Gasteiger partial charge in [-0.25, -0.2) is 0 Å². The highest BCUT2D eigenvalue weighted by atomic mass is 32.1. The van der Waals surface area contributed by atoms with Gasteiger partial charge in [-0.1, -0.05) is 0 Å². The molecule has 0 atom stereocenters. The molecule has 2 rings (SSSR count). The number of thiophene rings is 1. The summed E-state index contributed by atoms with van der Waals surface area (Å²) in [5, 5.41) is 3.09. The fourth-order valence-electron chi connectivity index (χ4n) is 0.840. The van der Waals surface area contributed by atoms with Crippen LogP contribution < -0.4 is 0 Å². The summed E-state index contributed by atoms with van der Waals surface area (Å²) in [6.45, 7) is 0. The van der Waals surface area contributed by atoms with Crippen molar-refractivity contribution in [3.8, 4) is 0 Å². The number of hydrogen-bond donors (Lipinski definition) is 0. The van der Waals surface area contributed by atoms with Crippen LogP contribution in [0.5, 0.6) is 0 Å². The van der Waals surface area contributed by atoms with Crippen LogP contribution in [0.1, 0.15) is 23.6 Å². The predicted molar refractivity (Wildman–Crippen MR) is 35.1 cm³/mol. The first-order valence-electron chi connectivity index (χ1n) is 2.92. The summed E-state index contributed by atoms with van der Waals surface area (Å²) in [4.78, 5) is 1.53. The van der Waals surface area contributed by atoms with Crippen molar-refractivity contribution in [3.63, 3.8) is 0 Å². The Morgan fingerprint density at radius 1 is 1.62 bits per heavy atom. The molecular weight excluding hydrogens is 116 g/mol. The maximum absolute atomic E-state index is 3.09. The summed E-state index contributed by atoms with van der Waals surface area (Å²) >= 11 is 1.77. The lowest BCUT2D eigenvalue weighted by atomic mass is 10.3. The highest BCUT2D eigenvalue weighted by Crippen LogP contribution is 2.41. The molecule has 1 aromatic heterocycles. The zero-order chi connectivity index (χ0) is 5.40. The number of hydrogen-bond acceptors (Lipinski definition) is 1. The largest absolute Gasteiger partial charge is 0.139 e. The van der Waals surface area contributed by atoms with Crippen molar-refractivity contribution >= 4 is 11.3 Å². The second kappa shape index (κ2) is 1.59. The van der Waals surface area contributed by atoms with Gasteiger partial charge < -0.3 is 0 Å². The van der Waals surface area contributed by atoms with E-state index in [1.54, 1.807) is 11.3 Å². The topological polar surface area (TPSA) is 0 Å². The normalized spacial score (nSPS) is 19.0. The van der Waals surface area contributed by atoms with Gasteiger partial charge in [0.1, 0.15) is 0 Å². The Morgan fingerprint density at radius 2 is 2.50 bits per heavy atom. The van der Waals surface area contributed by atoms with E-state index in [1.807, 2.05) is 6.07 Å². The van der Waals surface area contributed by atoms with E-state index in [2.05, 4.69) is 11.4 Å². The average molecular weight is 123 g/mol. The second-order valence-corrected chi connectivity index (χ2v) is 3.14. The Kier molecular flexibility index (Phi) is 0.908. The lowest BCUT2D eigenvalue weighted by Gasteiger charge is -1.82. The molecule has 1 saturated carbocycles. The molecule has 41 valence electrons. The molecule has 1 aromatic rings. The van der Waals surface area contributed by atoms with Crippen molar-refractivity contribution in [3.05, 3.63) is 22.4 Å². The maximum atomic E-state index is 3.09. The molecule has 1 aliphatic carbocycles. The van der Waals surface area contributed by atoms with Gasteiger partial charge in [-0.15, -0.1) is 11.3 Å². The third kappa shape index (κ3) is 0.671. The molecule has 1 fully saturated rings. The van der Waals surface area contributed by atoms with Crippen molar-refractivity contribution in [1.29, 1.82) is 0 Å². The fourth-order valence-corrected chi connectivity index (χ4v) is 1.65. The molecule has 0 aliphatic heterocycles. The van der Waals surface area contributed by atoms with Crippen molar-refractivity contribution in [2.75, 3.05) is 0 Å². The van der Waals surface area contributed by atoms with Crippen LogP contribution >= 0.6 is 11.3 Å². The minimum atomic E-state index is 0.922. The van der Waals surface area contributed by atoms with Crippen LogP contribution in [0.25, 0.3) is 0 Å². The third-order valence-corrected chi connectivity index (χ3v) is 2.43. The monoisotopic (exact) mass is 123 g/mol. The molecule has 1 radical (unpaired) electrons. The Morgan fingerprint density at radius 3 is 3.00 bits per heavy atom.